The van der Waals surface area contributed by atoms with Gasteiger partial charge in [-0.3, -0.25) is 0 Å². The molecule has 2 unspecified atom stereocenters. The molecule has 5 heteroatoms. The number of aliphatic hydroxyl groups is 2. The quantitative estimate of drug-likeness (QED) is 0.742. The molecule has 1 aliphatic carbocycles. The molecule has 0 aliphatic heterocycles. The lowest BCUT2D eigenvalue weighted by molar-refractivity contribution is 0.0438. The fraction of sp³-hybridized carbons (Fsp3) is 0.462. The molecule has 1 aromatic rings. The Morgan fingerprint density at radius 1 is 1.22 bits per heavy atom. The zero-order valence-corrected chi connectivity index (χ0v) is 9.95. The van der Waals surface area contributed by atoms with E-state index in [2.05, 4.69) is 5.32 Å². The van der Waals surface area contributed by atoms with Gasteiger partial charge in [-0.1, -0.05) is 30.3 Å². The van der Waals surface area contributed by atoms with Crippen LogP contribution in [0.15, 0.2) is 30.3 Å². The van der Waals surface area contributed by atoms with Crippen molar-refractivity contribution in [3.63, 3.8) is 0 Å². The van der Waals surface area contributed by atoms with Gasteiger partial charge < -0.3 is 20.3 Å². The number of alkyl carbamates (subject to hydrolysis) is 1. The third-order valence-electron chi connectivity index (χ3n) is 3.01. The summed E-state index contributed by atoms with van der Waals surface area (Å²) in [7, 11) is 0. The van der Waals surface area contributed by atoms with Gasteiger partial charge in [0.25, 0.3) is 0 Å². The molecule has 98 valence electrons. The van der Waals surface area contributed by atoms with Crippen molar-refractivity contribution in [1.29, 1.82) is 0 Å². The summed E-state index contributed by atoms with van der Waals surface area (Å²) in [5.74, 6) is 0. The smallest absolute Gasteiger partial charge is 0.407 e. The minimum atomic E-state index is -0.795. The molecular weight excluding hydrogens is 234 g/mol. The van der Waals surface area contributed by atoms with Crippen LogP contribution in [0.25, 0.3) is 0 Å². The molecule has 0 aromatic heterocycles. The van der Waals surface area contributed by atoms with Gasteiger partial charge in [0.05, 0.1) is 12.2 Å². The summed E-state index contributed by atoms with van der Waals surface area (Å²) in [6.07, 6.45) is -1.94. The maximum atomic E-state index is 11.5. The molecule has 0 bridgehead atoms. The largest absolute Gasteiger partial charge is 0.446 e. The first-order chi connectivity index (χ1) is 8.65. The molecule has 1 amide bonds. The van der Waals surface area contributed by atoms with Crippen molar-refractivity contribution in [2.24, 2.45) is 0 Å². The van der Waals surface area contributed by atoms with Gasteiger partial charge in [-0.2, -0.15) is 0 Å². The number of aliphatic hydroxyl groups excluding tert-OH is 2. The Hall–Kier alpha value is -1.59. The molecule has 2 atom stereocenters. The fourth-order valence-electron chi connectivity index (χ4n) is 2.01. The molecule has 0 heterocycles. The first kappa shape index (κ1) is 12.9. The highest BCUT2D eigenvalue weighted by Gasteiger charge is 2.33. The SMILES string of the molecule is O=C(NCc1ccccc1)OC1CC(O)C(O)C1. The first-order valence-electron chi connectivity index (χ1n) is 5.99. The van der Waals surface area contributed by atoms with Gasteiger partial charge in [0.2, 0.25) is 0 Å². The maximum Gasteiger partial charge on any atom is 0.407 e. The van der Waals surface area contributed by atoms with Crippen molar-refractivity contribution in [3.05, 3.63) is 35.9 Å². The second-order valence-electron chi connectivity index (χ2n) is 4.47. The minimum absolute atomic E-state index is 0.292. The zero-order valence-electron chi connectivity index (χ0n) is 9.95. The normalized spacial score (nSPS) is 26.9. The predicted octanol–water partition coefficient (Wildman–Crippen LogP) is 0.797. The van der Waals surface area contributed by atoms with Crippen LogP contribution in [-0.2, 0) is 11.3 Å². The lowest BCUT2D eigenvalue weighted by Crippen LogP contribution is -2.27. The van der Waals surface area contributed by atoms with Crippen molar-refractivity contribution >= 4 is 6.09 Å². The van der Waals surface area contributed by atoms with Gasteiger partial charge in [0, 0.05) is 19.4 Å². The maximum absolute atomic E-state index is 11.5. The molecule has 0 spiro atoms. The summed E-state index contributed by atoms with van der Waals surface area (Å²) in [4.78, 5) is 11.5. The number of hydrogen-bond donors (Lipinski definition) is 3. The average molecular weight is 251 g/mol. The van der Waals surface area contributed by atoms with Crippen LogP contribution in [0.4, 0.5) is 4.79 Å². The molecule has 5 nitrogen and oxygen atoms in total. The highest BCUT2D eigenvalue weighted by molar-refractivity contribution is 5.67. The number of nitrogens with one attached hydrogen (secondary N) is 1. The van der Waals surface area contributed by atoms with Crippen molar-refractivity contribution in [3.8, 4) is 0 Å². The van der Waals surface area contributed by atoms with E-state index in [9.17, 15) is 15.0 Å². The number of rotatable bonds is 3. The van der Waals surface area contributed by atoms with Gasteiger partial charge in [-0.25, -0.2) is 4.79 Å². The highest BCUT2D eigenvalue weighted by Crippen LogP contribution is 2.22. The number of amides is 1. The summed E-state index contributed by atoms with van der Waals surface area (Å²) >= 11 is 0. The van der Waals surface area contributed by atoms with Crippen LogP contribution in [-0.4, -0.2) is 34.6 Å². The molecule has 2 rings (SSSR count). The highest BCUT2D eigenvalue weighted by atomic mass is 16.6. The van der Waals surface area contributed by atoms with Gasteiger partial charge in [-0.05, 0) is 5.56 Å². The van der Waals surface area contributed by atoms with Crippen molar-refractivity contribution < 1.29 is 19.7 Å². The van der Waals surface area contributed by atoms with Crippen molar-refractivity contribution in [2.75, 3.05) is 0 Å². The summed E-state index contributed by atoms with van der Waals surface area (Å²) < 4.78 is 5.10. The molecule has 0 saturated heterocycles. The van der Waals surface area contributed by atoms with E-state index in [1.165, 1.54) is 0 Å². The second kappa shape index (κ2) is 5.84. The lowest BCUT2D eigenvalue weighted by Gasteiger charge is -2.12. The Bertz CT molecular complexity index is 385. The zero-order chi connectivity index (χ0) is 13.0. The number of carbonyl (C=O) groups is 1. The van der Waals surface area contributed by atoms with Crippen LogP contribution >= 0.6 is 0 Å². The molecular formula is C13H17NO4. The van der Waals surface area contributed by atoms with Crippen LogP contribution in [0.1, 0.15) is 18.4 Å². The summed E-state index contributed by atoms with van der Waals surface area (Å²) in [5.41, 5.74) is 0.987. The van der Waals surface area contributed by atoms with Gasteiger partial charge in [-0.15, -0.1) is 0 Å². The summed E-state index contributed by atoms with van der Waals surface area (Å²) in [5, 5.41) is 21.3. The monoisotopic (exact) mass is 251 g/mol. The van der Waals surface area contributed by atoms with Gasteiger partial charge >= 0.3 is 6.09 Å². The molecule has 0 radical (unpaired) electrons. The molecule has 3 N–H and O–H groups in total. The second-order valence-corrected chi connectivity index (χ2v) is 4.47. The Morgan fingerprint density at radius 2 is 1.83 bits per heavy atom. The number of carbonyl (C=O) groups excluding carboxylic acids is 1. The minimum Gasteiger partial charge on any atom is -0.446 e. The van der Waals surface area contributed by atoms with Gasteiger partial charge in [0.1, 0.15) is 6.10 Å². The van der Waals surface area contributed by atoms with E-state index in [-0.39, 0.29) is 0 Å². The lowest BCUT2D eigenvalue weighted by atomic mass is 10.2. The Labute approximate surface area is 105 Å². The molecule has 1 saturated carbocycles. The number of hydrogen-bond acceptors (Lipinski definition) is 4. The topological polar surface area (TPSA) is 78.8 Å². The first-order valence-corrected chi connectivity index (χ1v) is 5.99. The molecule has 1 aliphatic rings. The van der Waals surface area contributed by atoms with Gasteiger partial charge in [0.15, 0.2) is 0 Å². The number of benzene rings is 1. The third-order valence-corrected chi connectivity index (χ3v) is 3.01. The molecule has 1 fully saturated rings. The van der Waals surface area contributed by atoms with E-state index in [0.29, 0.717) is 19.4 Å². The number of ether oxygens (including phenoxy) is 1. The van der Waals surface area contributed by atoms with E-state index in [4.69, 9.17) is 4.74 Å². The Morgan fingerprint density at radius 3 is 2.44 bits per heavy atom. The van der Waals surface area contributed by atoms with Crippen LogP contribution in [0.2, 0.25) is 0 Å². The Balaban J connectivity index is 1.73. The van der Waals surface area contributed by atoms with Crippen molar-refractivity contribution in [1.82, 2.24) is 5.32 Å². The van der Waals surface area contributed by atoms with Crippen molar-refractivity contribution in [2.45, 2.75) is 37.7 Å². The summed E-state index contributed by atoms with van der Waals surface area (Å²) in [6, 6.07) is 9.51. The molecule has 1 aromatic carbocycles. The standard InChI is InChI=1S/C13H17NO4/c15-11-6-10(7-12(11)16)18-13(17)14-8-9-4-2-1-3-5-9/h1-5,10-12,15-16H,6-8H2,(H,14,17). The fourth-order valence-corrected chi connectivity index (χ4v) is 2.01. The molecule has 18 heavy (non-hydrogen) atoms. The van der Waals surface area contributed by atoms with Crippen LogP contribution < -0.4 is 5.32 Å². The predicted molar refractivity (Wildman–Crippen MR) is 64.8 cm³/mol. The van der Waals surface area contributed by atoms with E-state index in [1.54, 1.807) is 0 Å². The van der Waals surface area contributed by atoms with Crippen LogP contribution in [0.3, 0.4) is 0 Å². The van der Waals surface area contributed by atoms with Crippen LogP contribution in [0, 0.1) is 0 Å². The third kappa shape index (κ3) is 3.45. The van der Waals surface area contributed by atoms with Crippen LogP contribution in [0.5, 0.6) is 0 Å². The van der Waals surface area contributed by atoms with E-state index in [1.807, 2.05) is 30.3 Å². The Kier molecular flexibility index (Phi) is 4.17. The average Bonchev–Trinajstić information content (AvgIpc) is 2.67. The summed E-state index contributed by atoms with van der Waals surface area (Å²) in [6.45, 7) is 0.400. The van der Waals surface area contributed by atoms with E-state index < -0.39 is 24.4 Å². The van der Waals surface area contributed by atoms with E-state index >= 15 is 0 Å². The van der Waals surface area contributed by atoms with E-state index in [0.717, 1.165) is 5.56 Å².